The van der Waals surface area contributed by atoms with Gasteiger partial charge in [0.1, 0.15) is 12.0 Å². The van der Waals surface area contributed by atoms with Crippen LogP contribution in [0.25, 0.3) is 10.8 Å². The van der Waals surface area contributed by atoms with Crippen molar-refractivity contribution in [2.24, 2.45) is 4.99 Å². The molecule has 0 saturated carbocycles. The summed E-state index contributed by atoms with van der Waals surface area (Å²) in [6.07, 6.45) is 1.60. The topological polar surface area (TPSA) is 82.8 Å². The minimum atomic E-state index is -0.0166. The second kappa shape index (κ2) is 8.33. The predicted molar refractivity (Wildman–Crippen MR) is 91.3 cm³/mol. The lowest BCUT2D eigenvalue weighted by atomic mass is 10.4. The van der Waals surface area contributed by atoms with Crippen LogP contribution < -0.4 is 10.6 Å². The van der Waals surface area contributed by atoms with Crippen LogP contribution >= 0.6 is 11.3 Å². The number of likely N-dealkylation sites (N-methyl/N-ethyl adjacent to an activating group) is 1. The molecule has 0 radical (unpaired) electrons. The molecule has 0 aliphatic carbocycles. The first-order valence-electron chi connectivity index (χ1n) is 7.30. The number of nitrogens with zero attached hydrogens (tertiary/aromatic N) is 3. The summed E-state index contributed by atoms with van der Waals surface area (Å²) in [4.78, 5) is 23.0. The first kappa shape index (κ1) is 17.0. The summed E-state index contributed by atoms with van der Waals surface area (Å²) in [5.74, 6) is 1.16. The number of rotatable bonds is 6. The van der Waals surface area contributed by atoms with Gasteiger partial charge in [0.15, 0.2) is 5.96 Å². The molecular weight excluding hydrogens is 314 g/mol. The van der Waals surface area contributed by atoms with Crippen LogP contribution in [0.3, 0.4) is 0 Å². The van der Waals surface area contributed by atoms with E-state index in [4.69, 9.17) is 4.42 Å². The molecule has 23 heavy (non-hydrogen) atoms. The van der Waals surface area contributed by atoms with Gasteiger partial charge in [0.2, 0.25) is 11.8 Å². The first-order valence-corrected chi connectivity index (χ1v) is 8.18. The molecule has 2 N–H and O–H groups in total. The van der Waals surface area contributed by atoms with Crippen LogP contribution in [0.2, 0.25) is 0 Å². The molecule has 0 atom stereocenters. The minimum absolute atomic E-state index is 0.0166. The van der Waals surface area contributed by atoms with E-state index in [0.717, 1.165) is 10.6 Å². The van der Waals surface area contributed by atoms with Gasteiger partial charge in [-0.15, -0.1) is 11.3 Å². The maximum atomic E-state index is 11.6. The van der Waals surface area contributed by atoms with E-state index in [0.29, 0.717) is 24.9 Å². The van der Waals surface area contributed by atoms with E-state index < -0.39 is 0 Å². The highest BCUT2D eigenvalue weighted by Crippen LogP contribution is 2.23. The molecule has 0 aliphatic heterocycles. The highest BCUT2D eigenvalue weighted by atomic mass is 32.1. The smallest absolute Gasteiger partial charge is 0.241 e. The van der Waals surface area contributed by atoms with Crippen LogP contribution in [0.4, 0.5) is 0 Å². The van der Waals surface area contributed by atoms with Crippen LogP contribution in [-0.4, -0.2) is 48.9 Å². The summed E-state index contributed by atoms with van der Waals surface area (Å²) in [6, 6.07) is 3.92. The lowest BCUT2D eigenvalue weighted by Crippen LogP contribution is -2.42. The Hall–Kier alpha value is -2.35. The Bertz CT molecular complexity index is 649. The van der Waals surface area contributed by atoms with Gasteiger partial charge in [0.25, 0.3) is 0 Å². The van der Waals surface area contributed by atoms with E-state index in [9.17, 15) is 4.79 Å². The zero-order valence-corrected chi connectivity index (χ0v) is 14.3. The molecule has 2 aromatic heterocycles. The molecule has 7 nitrogen and oxygen atoms in total. The summed E-state index contributed by atoms with van der Waals surface area (Å²) in [6.45, 7) is 3.25. The number of aromatic nitrogens is 1. The Labute approximate surface area is 139 Å². The lowest BCUT2D eigenvalue weighted by Gasteiger charge is -2.13. The third-order valence-electron chi connectivity index (χ3n) is 2.93. The summed E-state index contributed by atoms with van der Waals surface area (Å²) in [5, 5.41) is 8.07. The Morgan fingerprint density at radius 3 is 2.91 bits per heavy atom. The van der Waals surface area contributed by atoms with Crippen molar-refractivity contribution in [1.29, 1.82) is 0 Å². The molecule has 2 aromatic rings. The number of carbonyl (C=O) groups excluding carboxylic acids is 1. The number of oxazole rings is 1. The Kier molecular flexibility index (Phi) is 6.16. The van der Waals surface area contributed by atoms with E-state index in [1.165, 1.54) is 4.90 Å². The quantitative estimate of drug-likeness (QED) is 0.618. The van der Waals surface area contributed by atoms with E-state index in [2.05, 4.69) is 20.6 Å². The van der Waals surface area contributed by atoms with E-state index in [1.807, 2.05) is 24.4 Å². The zero-order valence-electron chi connectivity index (χ0n) is 13.5. The standard InChI is InChI=1S/C15H21N5O2S/c1-4-16-15(18-9-13(21)20(2)3)17-8-11-10-22-14(19-11)12-6-5-7-23-12/h5-7,10H,4,8-9H2,1-3H3,(H2,16,17,18). The van der Waals surface area contributed by atoms with Crippen LogP contribution in [0.1, 0.15) is 12.6 Å². The predicted octanol–water partition coefficient (Wildman–Crippen LogP) is 1.55. The first-order chi connectivity index (χ1) is 11.1. The van der Waals surface area contributed by atoms with Gasteiger partial charge < -0.3 is 20.0 Å². The second-order valence-corrected chi connectivity index (χ2v) is 5.91. The number of guanidine groups is 1. The molecule has 0 bridgehead atoms. The van der Waals surface area contributed by atoms with Gasteiger partial charge in [-0.25, -0.2) is 9.98 Å². The molecule has 0 aliphatic rings. The lowest BCUT2D eigenvalue weighted by molar-refractivity contribution is -0.127. The van der Waals surface area contributed by atoms with Crippen molar-refractivity contribution >= 4 is 23.2 Å². The molecule has 0 fully saturated rings. The van der Waals surface area contributed by atoms with Gasteiger partial charge in [-0.05, 0) is 18.4 Å². The van der Waals surface area contributed by atoms with E-state index >= 15 is 0 Å². The van der Waals surface area contributed by atoms with Crippen molar-refractivity contribution < 1.29 is 9.21 Å². The molecule has 2 heterocycles. The fourth-order valence-corrected chi connectivity index (χ4v) is 2.37. The number of aliphatic imine (C=N–C) groups is 1. The summed E-state index contributed by atoms with van der Waals surface area (Å²) in [5.41, 5.74) is 0.740. The third kappa shape index (κ3) is 5.10. The maximum absolute atomic E-state index is 11.6. The highest BCUT2D eigenvalue weighted by Gasteiger charge is 2.08. The zero-order chi connectivity index (χ0) is 16.7. The average molecular weight is 335 g/mol. The molecule has 8 heteroatoms. The molecule has 0 unspecified atom stereocenters. The SMILES string of the molecule is CCNC(=NCc1coc(-c2cccs2)n1)NCC(=O)N(C)C. The van der Waals surface area contributed by atoms with Crippen molar-refractivity contribution in [3.05, 3.63) is 29.5 Å². The molecule has 124 valence electrons. The van der Waals surface area contributed by atoms with Gasteiger partial charge in [0, 0.05) is 20.6 Å². The number of carbonyl (C=O) groups is 1. The Morgan fingerprint density at radius 1 is 1.43 bits per heavy atom. The van der Waals surface area contributed by atoms with Crippen LogP contribution in [0.15, 0.2) is 33.2 Å². The monoisotopic (exact) mass is 335 g/mol. The van der Waals surface area contributed by atoms with Gasteiger partial charge in [0.05, 0.1) is 18.0 Å². The van der Waals surface area contributed by atoms with Crippen molar-refractivity contribution in [2.45, 2.75) is 13.5 Å². The van der Waals surface area contributed by atoms with Gasteiger partial charge >= 0.3 is 0 Å². The van der Waals surface area contributed by atoms with Crippen LogP contribution in [0.5, 0.6) is 0 Å². The van der Waals surface area contributed by atoms with Gasteiger partial charge in [-0.2, -0.15) is 0 Å². The number of hydrogen-bond acceptors (Lipinski definition) is 5. The molecular formula is C15H21N5O2S. The van der Waals surface area contributed by atoms with Crippen molar-refractivity contribution in [1.82, 2.24) is 20.5 Å². The van der Waals surface area contributed by atoms with Gasteiger partial charge in [-0.3, -0.25) is 4.79 Å². The number of thiophene rings is 1. The average Bonchev–Trinajstić information content (AvgIpc) is 3.20. The molecule has 1 amide bonds. The molecule has 0 aromatic carbocycles. The summed E-state index contributed by atoms with van der Waals surface area (Å²) < 4.78 is 5.46. The number of nitrogens with one attached hydrogen (secondary N) is 2. The third-order valence-corrected chi connectivity index (χ3v) is 3.79. The Balaban J connectivity index is 1.96. The van der Waals surface area contributed by atoms with Crippen molar-refractivity contribution in [3.63, 3.8) is 0 Å². The maximum Gasteiger partial charge on any atom is 0.241 e. The minimum Gasteiger partial charge on any atom is -0.443 e. The Morgan fingerprint density at radius 2 is 2.26 bits per heavy atom. The highest BCUT2D eigenvalue weighted by molar-refractivity contribution is 7.13. The molecule has 0 spiro atoms. The fourth-order valence-electron chi connectivity index (χ4n) is 1.71. The van der Waals surface area contributed by atoms with E-state index in [-0.39, 0.29) is 12.5 Å². The van der Waals surface area contributed by atoms with E-state index in [1.54, 1.807) is 31.7 Å². The number of hydrogen-bond donors (Lipinski definition) is 2. The van der Waals surface area contributed by atoms with Gasteiger partial charge in [-0.1, -0.05) is 6.07 Å². The normalized spacial score (nSPS) is 11.3. The van der Waals surface area contributed by atoms with Crippen molar-refractivity contribution in [2.75, 3.05) is 27.2 Å². The number of amides is 1. The van der Waals surface area contributed by atoms with Crippen LogP contribution in [-0.2, 0) is 11.3 Å². The fraction of sp³-hybridized carbons (Fsp3) is 0.400. The molecule has 2 rings (SSSR count). The second-order valence-electron chi connectivity index (χ2n) is 4.96. The largest absolute Gasteiger partial charge is 0.443 e. The van der Waals surface area contributed by atoms with Crippen LogP contribution in [0, 0.1) is 0 Å². The molecule has 0 saturated heterocycles. The summed E-state index contributed by atoms with van der Waals surface area (Å²) >= 11 is 1.58. The summed E-state index contributed by atoms with van der Waals surface area (Å²) in [7, 11) is 3.44. The van der Waals surface area contributed by atoms with Crippen molar-refractivity contribution in [3.8, 4) is 10.8 Å².